The van der Waals surface area contributed by atoms with Crippen LogP contribution in [0.2, 0.25) is 6.04 Å². The molecule has 0 bridgehead atoms. The van der Waals surface area contributed by atoms with Crippen molar-refractivity contribution in [2.45, 2.75) is 77.2 Å². The van der Waals surface area contributed by atoms with E-state index in [-0.39, 0.29) is 5.91 Å². The van der Waals surface area contributed by atoms with Crippen molar-refractivity contribution >= 4 is 9.52 Å². The molecule has 0 unspecified atom stereocenters. The van der Waals surface area contributed by atoms with E-state index in [0.717, 1.165) is 36.0 Å². The lowest BCUT2D eigenvalue weighted by Gasteiger charge is -2.15. The first-order valence-electron chi connectivity index (χ1n) is 9.35. The summed E-state index contributed by atoms with van der Waals surface area (Å²) in [6, 6.07) is 1.25. The van der Waals surface area contributed by atoms with Crippen molar-refractivity contribution in [3.05, 3.63) is 12.5 Å². The van der Waals surface area contributed by atoms with Crippen molar-refractivity contribution in [1.82, 2.24) is 4.90 Å². The molecule has 4 nitrogen and oxygen atoms in total. The number of nitrogens with zero attached hydrogens (tertiary/aromatic N) is 1. The molecular weight excluding hydrogens is 306 g/mol. The van der Waals surface area contributed by atoms with E-state index in [1.54, 1.807) is 6.26 Å². The first kappa shape index (κ1) is 20.5. The molecule has 5 heteroatoms. The van der Waals surface area contributed by atoms with E-state index in [4.69, 9.17) is 14.2 Å². The summed E-state index contributed by atoms with van der Waals surface area (Å²) in [5, 5.41) is 0. The van der Waals surface area contributed by atoms with Crippen LogP contribution in [0.15, 0.2) is 12.5 Å². The first-order chi connectivity index (χ1) is 11.4. The van der Waals surface area contributed by atoms with E-state index in [1.165, 1.54) is 57.4 Å². The first-order valence-corrected chi connectivity index (χ1v) is 10.6. The molecule has 0 amide bonds. The number of rotatable bonds is 16. The zero-order chi connectivity index (χ0) is 16.6. The van der Waals surface area contributed by atoms with E-state index in [1.807, 2.05) is 20.0 Å². The van der Waals surface area contributed by atoms with Crippen molar-refractivity contribution in [2.75, 3.05) is 26.5 Å². The summed E-state index contributed by atoms with van der Waals surface area (Å²) in [4.78, 5) is 2.23. The van der Waals surface area contributed by atoms with Crippen molar-refractivity contribution in [3.8, 4) is 0 Å². The normalized spacial score (nSPS) is 14.0. The van der Waals surface area contributed by atoms with Gasteiger partial charge in [-0.05, 0) is 20.3 Å². The molecule has 0 N–H and O–H groups in total. The van der Waals surface area contributed by atoms with Crippen LogP contribution >= 0.6 is 0 Å². The SMILES string of the molecule is CCOC(OCC)[Si]CCCCCCCCCCN1C=COC1. The highest BCUT2D eigenvalue weighted by atomic mass is 28.2. The lowest BCUT2D eigenvalue weighted by Crippen LogP contribution is -2.24. The number of hydrogen-bond acceptors (Lipinski definition) is 4. The molecule has 1 aliphatic heterocycles. The Morgan fingerprint density at radius 2 is 1.57 bits per heavy atom. The van der Waals surface area contributed by atoms with Crippen LogP contribution in [0.3, 0.4) is 0 Å². The largest absolute Gasteiger partial charge is 0.479 e. The minimum Gasteiger partial charge on any atom is -0.479 e. The summed E-state index contributed by atoms with van der Waals surface area (Å²) in [5.41, 5.74) is 0. The molecule has 0 aromatic carbocycles. The maximum Gasteiger partial charge on any atom is 0.160 e. The van der Waals surface area contributed by atoms with Gasteiger partial charge in [-0.2, -0.15) is 0 Å². The quantitative estimate of drug-likeness (QED) is 0.237. The molecule has 0 saturated carbocycles. The van der Waals surface area contributed by atoms with Gasteiger partial charge in [0.25, 0.3) is 0 Å². The van der Waals surface area contributed by atoms with Gasteiger partial charge in [0, 0.05) is 26.0 Å². The minimum atomic E-state index is 0.0425. The van der Waals surface area contributed by atoms with Gasteiger partial charge in [0.2, 0.25) is 0 Å². The molecule has 0 spiro atoms. The maximum absolute atomic E-state index is 5.58. The molecule has 0 aliphatic carbocycles. The Balaban J connectivity index is 1.77. The zero-order valence-corrected chi connectivity index (χ0v) is 16.1. The lowest BCUT2D eigenvalue weighted by molar-refractivity contribution is -0.0827. The van der Waals surface area contributed by atoms with Gasteiger partial charge in [-0.15, -0.1) is 0 Å². The summed E-state index contributed by atoms with van der Waals surface area (Å²) >= 11 is 0. The summed E-state index contributed by atoms with van der Waals surface area (Å²) in [7, 11) is 0.786. The monoisotopic (exact) mass is 341 g/mol. The van der Waals surface area contributed by atoms with Crippen LogP contribution in [0.25, 0.3) is 0 Å². The van der Waals surface area contributed by atoms with Gasteiger partial charge >= 0.3 is 0 Å². The number of ether oxygens (including phenoxy) is 3. The predicted molar refractivity (Wildman–Crippen MR) is 96.3 cm³/mol. The average molecular weight is 342 g/mol. The Morgan fingerprint density at radius 1 is 0.957 bits per heavy atom. The fourth-order valence-electron chi connectivity index (χ4n) is 2.64. The van der Waals surface area contributed by atoms with Gasteiger partial charge in [-0.1, -0.05) is 51.0 Å². The van der Waals surface area contributed by atoms with E-state index in [9.17, 15) is 0 Å². The summed E-state index contributed by atoms with van der Waals surface area (Å²) in [5.74, 6) is 0.0425. The van der Waals surface area contributed by atoms with Crippen molar-refractivity contribution in [1.29, 1.82) is 0 Å². The van der Waals surface area contributed by atoms with Crippen molar-refractivity contribution in [3.63, 3.8) is 0 Å². The Labute approximate surface area is 145 Å². The second-order valence-corrected chi connectivity index (χ2v) is 7.30. The van der Waals surface area contributed by atoms with Crippen LogP contribution in [0, 0.1) is 0 Å². The Kier molecular flexibility index (Phi) is 13.4. The van der Waals surface area contributed by atoms with E-state index < -0.39 is 0 Å². The molecule has 1 aliphatic rings. The molecule has 0 aromatic rings. The number of hydrogen-bond donors (Lipinski definition) is 0. The molecule has 0 atom stereocenters. The van der Waals surface area contributed by atoms with Crippen molar-refractivity contribution < 1.29 is 14.2 Å². The molecular formula is C18H35NO3Si. The third kappa shape index (κ3) is 11.6. The minimum absolute atomic E-state index is 0.0425. The molecule has 134 valence electrons. The second-order valence-electron chi connectivity index (χ2n) is 5.92. The highest BCUT2D eigenvalue weighted by molar-refractivity contribution is 6.36. The lowest BCUT2D eigenvalue weighted by atomic mass is 10.1. The zero-order valence-electron chi connectivity index (χ0n) is 15.1. The van der Waals surface area contributed by atoms with Crippen LogP contribution in [0.4, 0.5) is 0 Å². The molecule has 1 heterocycles. The topological polar surface area (TPSA) is 30.9 Å². The fraction of sp³-hybridized carbons (Fsp3) is 0.889. The highest BCUT2D eigenvalue weighted by Crippen LogP contribution is 2.11. The van der Waals surface area contributed by atoms with E-state index >= 15 is 0 Å². The van der Waals surface area contributed by atoms with Gasteiger partial charge < -0.3 is 19.1 Å². The predicted octanol–water partition coefficient (Wildman–Crippen LogP) is 4.35. The second kappa shape index (κ2) is 15.0. The number of unbranched alkanes of at least 4 members (excludes halogenated alkanes) is 7. The third-order valence-corrected chi connectivity index (χ3v) is 5.24. The molecule has 23 heavy (non-hydrogen) atoms. The van der Waals surface area contributed by atoms with Crippen LogP contribution in [0.1, 0.15) is 65.2 Å². The highest BCUT2D eigenvalue weighted by Gasteiger charge is 2.08. The Morgan fingerprint density at radius 3 is 2.13 bits per heavy atom. The van der Waals surface area contributed by atoms with Gasteiger partial charge in [0.15, 0.2) is 6.73 Å². The fourth-order valence-corrected chi connectivity index (χ4v) is 3.90. The summed E-state index contributed by atoms with van der Waals surface area (Å²) < 4.78 is 16.3. The van der Waals surface area contributed by atoms with Crippen LogP contribution in [-0.4, -0.2) is 46.8 Å². The van der Waals surface area contributed by atoms with Gasteiger partial charge in [0.05, 0.1) is 0 Å². The van der Waals surface area contributed by atoms with Gasteiger partial charge in [-0.25, -0.2) is 0 Å². The summed E-state index contributed by atoms with van der Waals surface area (Å²) in [6.45, 7) is 7.45. The Bertz CT molecular complexity index is 283. The molecule has 2 radical (unpaired) electrons. The van der Waals surface area contributed by atoms with E-state index in [2.05, 4.69) is 4.90 Å². The standard InChI is InChI=1S/C18H35NO3Si/c1-3-21-18(22-4-2)23-16-12-10-8-6-5-7-9-11-13-19-14-15-20-17-19/h14-15,18H,3-13,16-17H2,1-2H3. The van der Waals surface area contributed by atoms with Gasteiger partial charge in [-0.3, -0.25) is 0 Å². The smallest absolute Gasteiger partial charge is 0.160 e. The van der Waals surface area contributed by atoms with Crippen LogP contribution in [-0.2, 0) is 14.2 Å². The van der Waals surface area contributed by atoms with Crippen molar-refractivity contribution in [2.24, 2.45) is 0 Å². The van der Waals surface area contributed by atoms with Gasteiger partial charge in [0.1, 0.15) is 21.7 Å². The molecule has 0 fully saturated rings. The van der Waals surface area contributed by atoms with Crippen LogP contribution in [0.5, 0.6) is 0 Å². The average Bonchev–Trinajstić information content (AvgIpc) is 3.06. The maximum atomic E-state index is 5.58. The molecule has 0 aromatic heterocycles. The summed E-state index contributed by atoms with van der Waals surface area (Å²) in [6.07, 6.45) is 14.6. The third-order valence-electron chi connectivity index (χ3n) is 3.93. The Hall–Kier alpha value is -0.523. The molecule has 1 rings (SSSR count). The van der Waals surface area contributed by atoms with E-state index in [0.29, 0.717) is 0 Å². The van der Waals surface area contributed by atoms with Crippen LogP contribution < -0.4 is 0 Å². The molecule has 0 saturated heterocycles.